The van der Waals surface area contributed by atoms with Crippen LogP contribution in [0.15, 0.2) is 64.6 Å². The first-order valence-corrected chi connectivity index (χ1v) is 11.5. The maximum Gasteiger partial charge on any atom is 0.333 e. The summed E-state index contributed by atoms with van der Waals surface area (Å²) in [6.45, 7) is 2.58. The van der Waals surface area contributed by atoms with Gasteiger partial charge in [0.25, 0.3) is 11.8 Å². The van der Waals surface area contributed by atoms with E-state index in [0.29, 0.717) is 34.7 Å². The number of nitrogens with zero attached hydrogens (tertiary/aromatic N) is 2. The summed E-state index contributed by atoms with van der Waals surface area (Å²) >= 11 is 3.54. The van der Waals surface area contributed by atoms with Crippen molar-refractivity contribution in [3.05, 3.63) is 75.8 Å². The number of hydrogen-bond donors (Lipinski definition) is 0. The second-order valence-corrected chi connectivity index (χ2v) is 8.61. The summed E-state index contributed by atoms with van der Waals surface area (Å²) in [7, 11) is 2.68. The van der Waals surface area contributed by atoms with Crippen LogP contribution in [0.2, 0.25) is 0 Å². The zero-order valence-electron chi connectivity index (χ0n) is 19.0. The first kappa shape index (κ1) is 23.5. The molecule has 1 aliphatic rings. The van der Waals surface area contributed by atoms with Gasteiger partial charge in [0.1, 0.15) is 12.2 Å². The van der Waals surface area contributed by atoms with Crippen molar-refractivity contribution in [2.75, 3.05) is 20.7 Å². The summed E-state index contributed by atoms with van der Waals surface area (Å²) in [6, 6.07) is 16.9. The number of carbonyl (C=O) groups is 3. The minimum atomic E-state index is -0.666. The Morgan fingerprint density at radius 2 is 1.59 bits per heavy atom. The summed E-state index contributed by atoms with van der Waals surface area (Å²) < 4.78 is 12.6. The first-order valence-electron chi connectivity index (χ1n) is 10.7. The van der Waals surface area contributed by atoms with Gasteiger partial charge in [0.15, 0.2) is 11.5 Å². The molecule has 4 rings (SSSR count). The highest BCUT2D eigenvalue weighted by atomic mass is 79.9. The van der Waals surface area contributed by atoms with Gasteiger partial charge in [-0.15, -0.1) is 0 Å². The average Bonchev–Trinajstić information content (AvgIpc) is 2.84. The molecule has 1 fully saturated rings. The van der Waals surface area contributed by atoms with Crippen LogP contribution >= 0.6 is 15.9 Å². The zero-order valence-corrected chi connectivity index (χ0v) is 20.6. The van der Waals surface area contributed by atoms with Crippen LogP contribution < -0.4 is 9.47 Å². The van der Waals surface area contributed by atoms with Crippen molar-refractivity contribution in [1.82, 2.24) is 9.80 Å². The van der Waals surface area contributed by atoms with Gasteiger partial charge in [0, 0.05) is 14.1 Å². The Balaban J connectivity index is 1.67. The highest BCUT2D eigenvalue weighted by molar-refractivity contribution is 9.10. The molecule has 0 atom stereocenters. The average molecular weight is 523 g/mol. The van der Waals surface area contributed by atoms with Gasteiger partial charge >= 0.3 is 6.03 Å². The van der Waals surface area contributed by atoms with E-state index in [1.807, 2.05) is 31.2 Å². The van der Waals surface area contributed by atoms with Gasteiger partial charge < -0.3 is 9.47 Å². The van der Waals surface area contributed by atoms with Gasteiger partial charge in [0.2, 0.25) is 0 Å². The van der Waals surface area contributed by atoms with Crippen LogP contribution in [-0.2, 0) is 16.2 Å². The Labute approximate surface area is 205 Å². The van der Waals surface area contributed by atoms with Crippen molar-refractivity contribution in [1.29, 1.82) is 0 Å². The molecule has 0 aliphatic carbocycles. The van der Waals surface area contributed by atoms with Crippen LogP contribution in [0.4, 0.5) is 4.79 Å². The maximum absolute atomic E-state index is 12.5. The minimum absolute atomic E-state index is 0.108. The molecule has 4 amide bonds. The Morgan fingerprint density at radius 1 is 0.912 bits per heavy atom. The number of carbonyl (C=O) groups excluding carboxylic acids is 3. The molecule has 7 nitrogen and oxygen atoms in total. The van der Waals surface area contributed by atoms with Gasteiger partial charge in [-0.3, -0.25) is 19.4 Å². The van der Waals surface area contributed by atoms with Crippen LogP contribution in [0.5, 0.6) is 11.5 Å². The lowest BCUT2D eigenvalue weighted by molar-refractivity contribution is -0.134. The quantitative estimate of drug-likeness (QED) is 0.335. The molecule has 0 saturated carbocycles. The van der Waals surface area contributed by atoms with Gasteiger partial charge in [0.05, 0.1) is 11.1 Å². The van der Waals surface area contributed by atoms with Crippen molar-refractivity contribution >= 4 is 50.6 Å². The number of fused-ring (bicyclic) bond motifs is 1. The van der Waals surface area contributed by atoms with E-state index >= 15 is 0 Å². The molecule has 1 aliphatic heterocycles. The Kier molecular flexibility index (Phi) is 6.70. The molecule has 8 heteroatoms. The number of likely N-dealkylation sites (N-methyl/N-ethyl adjacent to an activating group) is 2. The molecule has 1 saturated heterocycles. The molecule has 0 unspecified atom stereocenters. The Hall–Kier alpha value is -3.65. The highest BCUT2D eigenvalue weighted by Crippen LogP contribution is 2.38. The molecule has 0 radical (unpaired) electrons. The number of amides is 4. The van der Waals surface area contributed by atoms with E-state index in [2.05, 4.69) is 34.1 Å². The van der Waals surface area contributed by atoms with Crippen molar-refractivity contribution < 1.29 is 23.9 Å². The molecule has 0 spiro atoms. The summed E-state index contributed by atoms with van der Waals surface area (Å²) in [5.41, 5.74) is 1.48. The predicted molar refractivity (Wildman–Crippen MR) is 133 cm³/mol. The first-order chi connectivity index (χ1) is 16.3. The molecule has 3 aromatic carbocycles. The maximum atomic E-state index is 12.5. The Bertz CT molecular complexity index is 1300. The summed E-state index contributed by atoms with van der Waals surface area (Å²) in [5.74, 6) is -0.322. The van der Waals surface area contributed by atoms with Crippen LogP contribution in [0.25, 0.3) is 16.8 Å². The number of imide groups is 2. The van der Waals surface area contributed by atoms with E-state index in [-0.39, 0.29) is 5.57 Å². The summed E-state index contributed by atoms with van der Waals surface area (Å²) in [6.07, 6.45) is 1.45. The van der Waals surface area contributed by atoms with E-state index in [1.165, 1.54) is 20.2 Å². The monoisotopic (exact) mass is 522 g/mol. The summed E-state index contributed by atoms with van der Waals surface area (Å²) in [4.78, 5) is 38.9. The number of benzene rings is 3. The molecule has 0 bridgehead atoms. The molecule has 1 heterocycles. The molecule has 3 aromatic rings. The lowest BCUT2D eigenvalue weighted by Crippen LogP contribution is -2.52. The largest absolute Gasteiger partial charge is 0.490 e. The number of rotatable bonds is 6. The van der Waals surface area contributed by atoms with Gasteiger partial charge in [-0.2, -0.15) is 0 Å². The van der Waals surface area contributed by atoms with Crippen LogP contribution in [0.1, 0.15) is 18.1 Å². The smallest absolute Gasteiger partial charge is 0.333 e. The predicted octanol–water partition coefficient (Wildman–Crippen LogP) is 5.01. The molecule has 0 N–H and O–H groups in total. The normalized spacial score (nSPS) is 14.1. The third-order valence-corrected chi connectivity index (χ3v) is 6.13. The van der Waals surface area contributed by atoms with E-state index in [0.717, 1.165) is 26.1 Å². The number of barbiturate groups is 1. The number of urea groups is 1. The molecular weight excluding hydrogens is 500 g/mol. The van der Waals surface area contributed by atoms with Gasteiger partial charge in [-0.05, 0) is 63.0 Å². The topological polar surface area (TPSA) is 76.2 Å². The fraction of sp³-hybridized carbons (Fsp3) is 0.192. The number of hydrogen-bond acceptors (Lipinski definition) is 5. The molecule has 174 valence electrons. The van der Waals surface area contributed by atoms with Crippen LogP contribution in [0.3, 0.4) is 0 Å². The Morgan fingerprint density at radius 3 is 2.29 bits per heavy atom. The lowest BCUT2D eigenvalue weighted by atomic mass is 10.1. The number of halogens is 1. The van der Waals surface area contributed by atoms with Crippen molar-refractivity contribution in [2.24, 2.45) is 0 Å². The fourth-order valence-corrected chi connectivity index (χ4v) is 4.36. The fourth-order valence-electron chi connectivity index (χ4n) is 3.78. The van der Waals surface area contributed by atoms with Gasteiger partial charge in [-0.1, -0.05) is 42.5 Å². The zero-order chi connectivity index (χ0) is 24.4. The SMILES string of the molecule is CCOc1cc(C=C2C(=O)N(C)C(=O)N(C)C2=O)cc(Br)c1OCc1cccc2ccccc12. The molecule has 34 heavy (non-hydrogen) atoms. The van der Waals surface area contributed by atoms with E-state index in [9.17, 15) is 14.4 Å². The lowest BCUT2D eigenvalue weighted by Gasteiger charge is -2.28. The van der Waals surface area contributed by atoms with E-state index < -0.39 is 17.8 Å². The number of ether oxygens (including phenoxy) is 2. The minimum Gasteiger partial charge on any atom is -0.490 e. The van der Waals surface area contributed by atoms with Crippen molar-refractivity contribution in [2.45, 2.75) is 13.5 Å². The third-order valence-electron chi connectivity index (χ3n) is 5.54. The van der Waals surface area contributed by atoms with Crippen LogP contribution in [-0.4, -0.2) is 48.3 Å². The van der Waals surface area contributed by atoms with Crippen molar-refractivity contribution in [3.8, 4) is 11.5 Å². The van der Waals surface area contributed by atoms with Gasteiger partial charge in [-0.25, -0.2) is 4.79 Å². The molecular formula is C26H23BrN2O5. The standard InChI is InChI=1S/C26H23BrN2O5/c1-4-33-22-14-16(12-20-24(30)28(2)26(32)29(3)25(20)31)13-21(27)23(22)34-15-18-10-7-9-17-8-5-6-11-19(17)18/h5-14H,4,15H2,1-3H3. The highest BCUT2D eigenvalue weighted by Gasteiger charge is 2.37. The van der Waals surface area contributed by atoms with E-state index in [1.54, 1.807) is 12.1 Å². The third kappa shape index (κ3) is 4.41. The van der Waals surface area contributed by atoms with Crippen LogP contribution in [0, 0.1) is 0 Å². The second kappa shape index (κ2) is 9.69. The molecule has 0 aromatic heterocycles. The van der Waals surface area contributed by atoms with Crippen molar-refractivity contribution in [3.63, 3.8) is 0 Å². The van der Waals surface area contributed by atoms with E-state index in [4.69, 9.17) is 9.47 Å². The summed E-state index contributed by atoms with van der Waals surface area (Å²) in [5, 5.41) is 2.24. The second-order valence-electron chi connectivity index (χ2n) is 7.76.